The van der Waals surface area contributed by atoms with Crippen LogP contribution in [-0.2, 0) is 20.7 Å². The van der Waals surface area contributed by atoms with E-state index in [0.29, 0.717) is 5.69 Å². The summed E-state index contributed by atoms with van der Waals surface area (Å²) < 4.78 is 6.39. The molecule has 2 aromatic rings. The highest BCUT2D eigenvalue weighted by molar-refractivity contribution is 7.15. The van der Waals surface area contributed by atoms with Crippen molar-refractivity contribution in [3.63, 3.8) is 0 Å². The number of ether oxygens (including phenoxy) is 1. The van der Waals surface area contributed by atoms with Crippen LogP contribution < -0.4 is 5.32 Å². The maximum atomic E-state index is 11.7. The third-order valence-corrected chi connectivity index (χ3v) is 3.19. The Bertz CT molecular complexity index is 546. The lowest BCUT2D eigenvalue weighted by Gasteiger charge is -2.10. The molecule has 0 saturated carbocycles. The number of carbonyl (C=O) groups excluding carboxylic acids is 2. The molecule has 0 unspecified atom stereocenters. The zero-order valence-corrected chi connectivity index (χ0v) is 10.9. The molecular weight excluding hydrogens is 254 g/mol. The number of methoxy groups -OCH3 is 1. The van der Waals surface area contributed by atoms with Crippen molar-refractivity contribution >= 4 is 28.2 Å². The summed E-state index contributed by atoms with van der Waals surface area (Å²) in [4.78, 5) is 28.0. The van der Waals surface area contributed by atoms with Gasteiger partial charge in [0.25, 0.3) is 0 Å². The molecule has 0 aliphatic rings. The first-order valence-electron chi connectivity index (χ1n) is 5.38. The molecular formula is C11H13N3O3S. The van der Waals surface area contributed by atoms with Gasteiger partial charge in [0.05, 0.1) is 19.2 Å². The lowest BCUT2D eigenvalue weighted by atomic mass is 10.3. The molecule has 2 aromatic heterocycles. The van der Waals surface area contributed by atoms with Crippen LogP contribution in [0.5, 0.6) is 0 Å². The number of aromatic nitrogens is 2. The number of nitrogens with zero attached hydrogens (tertiary/aromatic N) is 2. The van der Waals surface area contributed by atoms with Gasteiger partial charge in [0.15, 0.2) is 4.96 Å². The van der Waals surface area contributed by atoms with Crippen LogP contribution in [0.25, 0.3) is 4.96 Å². The van der Waals surface area contributed by atoms with Crippen molar-refractivity contribution < 1.29 is 14.3 Å². The van der Waals surface area contributed by atoms with Crippen molar-refractivity contribution in [2.75, 3.05) is 7.11 Å². The second-order valence-electron chi connectivity index (χ2n) is 3.81. The van der Waals surface area contributed by atoms with Crippen LogP contribution in [0.1, 0.15) is 12.6 Å². The number of esters is 1. The Labute approximate surface area is 108 Å². The van der Waals surface area contributed by atoms with Crippen LogP contribution in [0.2, 0.25) is 0 Å². The molecule has 0 spiro atoms. The van der Waals surface area contributed by atoms with Gasteiger partial charge in [-0.1, -0.05) is 0 Å². The van der Waals surface area contributed by atoms with Crippen molar-refractivity contribution in [1.29, 1.82) is 0 Å². The fraction of sp³-hybridized carbons (Fsp3) is 0.364. The average molecular weight is 267 g/mol. The van der Waals surface area contributed by atoms with Gasteiger partial charge in [-0.3, -0.25) is 9.20 Å². The van der Waals surface area contributed by atoms with Crippen LogP contribution in [0.4, 0.5) is 0 Å². The maximum Gasteiger partial charge on any atom is 0.328 e. The highest BCUT2D eigenvalue weighted by atomic mass is 32.1. The SMILES string of the molecule is COC(=O)[C@H](C)NC(=O)Cc1cn2ccsc2n1. The maximum absolute atomic E-state index is 11.7. The number of hydrogen-bond donors (Lipinski definition) is 1. The summed E-state index contributed by atoms with van der Waals surface area (Å²) in [5.74, 6) is -0.715. The topological polar surface area (TPSA) is 72.7 Å². The molecule has 1 N–H and O–H groups in total. The number of hydrogen-bond acceptors (Lipinski definition) is 5. The first kappa shape index (κ1) is 12.6. The van der Waals surface area contributed by atoms with Gasteiger partial charge in [-0.05, 0) is 6.92 Å². The van der Waals surface area contributed by atoms with Crippen molar-refractivity contribution in [2.24, 2.45) is 0 Å². The van der Waals surface area contributed by atoms with E-state index in [1.54, 1.807) is 13.1 Å². The van der Waals surface area contributed by atoms with Gasteiger partial charge < -0.3 is 10.1 Å². The molecule has 0 aromatic carbocycles. The van der Waals surface area contributed by atoms with E-state index in [9.17, 15) is 9.59 Å². The Morgan fingerprint density at radius 2 is 2.39 bits per heavy atom. The Morgan fingerprint density at radius 3 is 3.06 bits per heavy atom. The van der Waals surface area contributed by atoms with Crippen LogP contribution >= 0.6 is 11.3 Å². The quantitative estimate of drug-likeness (QED) is 0.824. The number of carbonyl (C=O) groups is 2. The summed E-state index contributed by atoms with van der Waals surface area (Å²) in [6.07, 6.45) is 3.83. The Kier molecular flexibility index (Phi) is 3.61. The minimum Gasteiger partial charge on any atom is -0.467 e. The van der Waals surface area contributed by atoms with E-state index in [4.69, 9.17) is 0 Å². The third kappa shape index (κ3) is 2.67. The standard InChI is InChI=1S/C11H13N3O3S/c1-7(10(16)17-2)12-9(15)5-8-6-14-3-4-18-11(14)13-8/h3-4,6-7H,5H2,1-2H3,(H,12,15)/t7-/m0/s1. The molecule has 0 saturated heterocycles. The van der Waals surface area contributed by atoms with Crippen LogP contribution in [0.3, 0.4) is 0 Å². The molecule has 2 heterocycles. The second-order valence-corrected chi connectivity index (χ2v) is 4.69. The summed E-state index contributed by atoms with van der Waals surface area (Å²) in [7, 11) is 1.29. The van der Waals surface area contributed by atoms with Crippen LogP contribution in [-0.4, -0.2) is 34.4 Å². The van der Waals surface area contributed by atoms with Crippen molar-refractivity contribution in [1.82, 2.24) is 14.7 Å². The molecule has 2 rings (SSSR count). The van der Waals surface area contributed by atoms with E-state index in [1.807, 2.05) is 16.0 Å². The lowest BCUT2D eigenvalue weighted by Crippen LogP contribution is -2.39. The van der Waals surface area contributed by atoms with Gasteiger partial charge in [0, 0.05) is 17.8 Å². The zero-order chi connectivity index (χ0) is 13.1. The van der Waals surface area contributed by atoms with E-state index in [2.05, 4.69) is 15.0 Å². The number of thiazole rings is 1. The van der Waals surface area contributed by atoms with Gasteiger partial charge in [-0.25, -0.2) is 9.78 Å². The van der Waals surface area contributed by atoms with Gasteiger partial charge in [-0.2, -0.15) is 0 Å². The molecule has 0 aliphatic heterocycles. The number of fused-ring (bicyclic) bond motifs is 1. The first-order valence-corrected chi connectivity index (χ1v) is 6.26. The van der Waals surface area contributed by atoms with Gasteiger partial charge >= 0.3 is 5.97 Å². The summed E-state index contributed by atoms with van der Waals surface area (Å²) in [5, 5.41) is 4.48. The highest BCUT2D eigenvalue weighted by Crippen LogP contribution is 2.11. The fourth-order valence-corrected chi connectivity index (χ4v) is 2.27. The Balaban J connectivity index is 1.95. The predicted molar refractivity (Wildman–Crippen MR) is 66.4 cm³/mol. The summed E-state index contributed by atoms with van der Waals surface area (Å²) in [6.45, 7) is 1.58. The van der Waals surface area contributed by atoms with Gasteiger partial charge in [0.2, 0.25) is 5.91 Å². The molecule has 1 amide bonds. The smallest absolute Gasteiger partial charge is 0.328 e. The van der Waals surface area contributed by atoms with Crippen molar-refractivity contribution in [3.8, 4) is 0 Å². The molecule has 96 valence electrons. The van der Waals surface area contributed by atoms with Gasteiger partial charge in [-0.15, -0.1) is 11.3 Å². The zero-order valence-electron chi connectivity index (χ0n) is 10.0. The first-order chi connectivity index (χ1) is 8.60. The molecule has 18 heavy (non-hydrogen) atoms. The van der Waals surface area contributed by atoms with Crippen molar-refractivity contribution in [3.05, 3.63) is 23.5 Å². The minimum absolute atomic E-state index is 0.149. The molecule has 0 radical (unpaired) electrons. The Hall–Kier alpha value is -1.89. The second kappa shape index (κ2) is 5.18. The summed E-state index contributed by atoms with van der Waals surface area (Å²) >= 11 is 1.50. The summed E-state index contributed by atoms with van der Waals surface area (Å²) in [6, 6.07) is -0.647. The molecule has 0 aliphatic carbocycles. The largest absolute Gasteiger partial charge is 0.467 e. The molecule has 7 heteroatoms. The predicted octanol–water partition coefficient (Wildman–Crippen LogP) is 0.616. The number of nitrogens with one attached hydrogen (secondary N) is 1. The monoisotopic (exact) mass is 267 g/mol. The average Bonchev–Trinajstić information content (AvgIpc) is 2.87. The molecule has 1 atom stereocenters. The molecule has 6 nitrogen and oxygen atoms in total. The number of imidazole rings is 1. The van der Waals surface area contributed by atoms with E-state index in [-0.39, 0.29) is 12.3 Å². The highest BCUT2D eigenvalue weighted by Gasteiger charge is 2.16. The van der Waals surface area contributed by atoms with Crippen LogP contribution in [0.15, 0.2) is 17.8 Å². The fourth-order valence-electron chi connectivity index (χ4n) is 1.55. The van der Waals surface area contributed by atoms with E-state index >= 15 is 0 Å². The van der Waals surface area contributed by atoms with E-state index in [1.165, 1.54) is 18.4 Å². The van der Waals surface area contributed by atoms with Crippen molar-refractivity contribution in [2.45, 2.75) is 19.4 Å². The van der Waals surface area contributed by atoms with E-state index in [0.717, 1.165) is 4.96 Å². The third-order valence-electron chi connectivity index (χ3n) is 2.42. The minimum atomic E-state index is -0.647. The molecule has 0 fully saturated rings. The lowest BCUT2D eigenvalue weighted by molar-refractivity contribution is -0.144. The Morgan fingerprint density at radius 1 is 1.61 bits per heavy atom. The normalized spacial score (nSPS) is 12.3. The van der Waals surface area contributed by atoms with Gasteiger partial charge in [0.1, 0.15) is 6.04 Å². The number of rotatable bonds is 4. The van der Waals surface area contributed by atoms with Crippen LogP contribution in [0, 0.1) is 0 Å². The number of amides is 1. The summed E-state index contributed by atoms with van der Waals surface area (Å²) in [5.41, 5.74) is 0.677. The van der Waals surface area contributed by atoms with E-state index < -0.39 is 12.0 Å². The molecule has 0 bridgehead atoms.